The number of fused-ring (bicyclic) bond motifs is 1. The lowest BCUT2D eigenvalue weighted by atomic mass is 10.1. The van der Waals surface area contributed by atoms with Crippen molar-refractivity contribution in [2.75, 3.05) is 0 Å². The third-order valence-electron chi connectivity index (χ3n) is 2.18. The van der Waals surface area contributed by atoms with E-state index in [-0.39, 0.29) is 18.2 Å². The molecule has 5 nitrogen and oxygen atoms in total. The second-order valence-corrected chi connectivity index (χ2v) is 3.62. The first kappa shape index (κ1) is 8.93. The molecule has 0 amide bonds. The number of nitrogens with two attached hydrogens (primary N) is 1. The molecule has 1 aliphatic rings. The van der Waals surface area contributed by atoms with E-state index < -0.39 is 0 Å². The zero-order chi connectivity index (χ0) is 10.3. The van der Waals surface area contributed by atoms with Crippen LogP contribution in [0.15, 0.2) is 11.3 Å². The van der Waals surface area contributed by atoms with Crippen molar-refractivity contribution in [3.05, 3.63) is 12.0 Å². The lowest BCUT2D eigenvalue weighted by molar-refractivity contribution is 0.0995. The maximum Gasteiger partial charge on any atom is 0.192 e. The van der Waals surface area contributed by atoms with E-state index in [9.17, 15) is 4.79 Å². The summed E-state index contributed by atoms with van der Waals surface area (Å²) in [6, 6.07) is 0.230. The number of carbonyl (C=O) groups excluding carboxylic acids is 1. The zero-order valence-corrected chi connectivity index (χ0v) is 8.19. The van der Waals surface area contributed by atoms with Gasteiger partial charge in [0.15, 0.2) is 17.3 Å². The summed E-state index contributed by atoms with van der Waals surface area (Å²) in [6.07, 6.45) is 1.82. The summed E-state index contributed by atoms with van der Waals surface area (Å²) in [5, 5.41) is 0. The molecule has 0 atom stereocenters. The van der Waals surface area contributed by atoms with Crippen LogP contribution in [0.4, 0.5) is 5.82 Å². The van der Waals surface area contributed by atoms with E-state index in [1.54, 1.807) is 6.33 Å². The molecular formula is C9H12N4O. The number of amidine groups is 1. The summed E-state index contributed by atoms with van der Waals surface area (Å²) in [7, 11) is 0. The number of aliphatic imine (C=N–C) groups is 1. The molecule has 0 saturated carbocycles. The molecule has 1 aromatic rings. The maximum absolute atomic E-state index is 11.5. The average molecular weight is 192 g/mol. The minimum absolute atomic E-state index is 0.0492. The van der Waals surface area contributed by atoms with Crippen LogP contribution in [-0.2, 0) is 0 Å². The highest BCUT2D eigenvalue weighted by atomic mass is 16.1. The second-order valence-electron chi connectivity index (χ2n) is 3.62. The standard InChI is InChI=1S/C9H12N4O/c1-5(2)13-4-11-8-6(14)3-7(10)12-9(8)13/h4-5H,3H2,1-2H3,(H2,10,12). The van der Waals surface area contributed by atoms with Gasteiger partial charge in [0, 0.05) is 6.04 Å². The van der Waals surface area contributed by atoms with Gasteiger partial charge in [-0.25, -0.2) is 9.98 Å². The molecule has 1 aromatic heterocycles. The van der Waals surface area contributed by atoms with Crippen molar-refractivity contribution in [1.29, 1.82) is 0 Å². The molecule has 0 spiro atoms. The van der Waals surface area contributed by atoms with Gasteiger partial charge in [0.05, 0.1) is 12.7 Å². The topological polar surface area (TPSA) is 73.3 Å². The van der Waals surface area contributed by atoms with Crippen molar-refractivity contribution < 1.29 is 4.79 Å². The van der Waals surface area contributed by atoms with Crippen LogP contribution in [0.25, 0.3) is 0 Å². The molecule has 0 saturated heterocycles. The molecule has 0 unspecified atom stereocenters. The molecule has 0 aliphatic carbocycles. The predicted molar refractivity (Wildman–Crippen MR) is 52.8 cm³/mol. The molecule has 0 radical (unpaired) electrons. The third kappa shape index (κ3) is 1.21. The molecule has 1 aliphatic heterocycles. The highest BCUT2D eigenvalue weighted by Crippen LogP contribution is 2.26. The maximum atomic E-state index is 11.5. The fraction of sp³-hybridized carbons (Fsp3) is 0.444. The SMILES string of the molecule is CC(C)n1cnc2c1N=C(N)CC2=O. The molecule has 2 rings (SSSR count). The zero-order valence-electron chi connectivity index (χ0n) is 8.19. The Morgan fingerprint density at radius 1 is 1.57 bits per heavy atom. The van der Waals surface area contributed by atoms with Crippen molar-refractivity contribution in [2.45, 2.75) is 26.3 Å². The van der Waals surface area contributed by atoms with Crippen LogP contribution in [0.1, 0.15) is 36.8 Å². The monoisotopic (exact) mass is 192 g/mol. The van der Waals surface area contributed by atoms with Gasteiger partial charge in [0.25, 0.3) is 0 Å². The molecule has 0 aromatic carbocycles. The lowest BCUT2D eigenvalue weighted by Gasteiger charge is -2.12. The van der Waals surface area contributed by atoms with Gasteiger partial charge in [0.2, 0.25) is 0 Å². The lowest BCUT2D eigenvalue weighted by Crippen LogP contribution is -2.21. The molecule has 74 valence electrons. The third-order valence-corrected chi connectivity index (χ3v) is 2.18. The van der Waals surface area contributed by atoms with Crippen LogP contribution in [0.2, 0.25) is 0 Å². The van der Waals surface area contributed by atoms with Crippen LogP contribution < -0.4 is 5.73 Å². The van der Waals surface area contributed by atoms with Crippen molar-refractivity contribution in [1.82, 2.24) is 9.55 Å². The van der Waals surface area contributed by atoms with Gasteiger partial charge in [-0.2, -0.15) is 0 Å². The highest BCUT2D eigenvalue weighted by Gasteiger charge is 2.24. The van der Waals surface area contributed by atoms with Crippen molar-refractivity contribution in [2.24, 2.45) is 10.7 Å². The first-order valence-corrected chi connectivity index (χ1v) is 4.52. The number of rotatable bonds is 1. The smallest absolute Gasteiger partial charge is 0.192 e. The number of aromatic nitrogens is 2. The van der Waals surface area contributed by atoms with E-state index in [0.717, 1.165) is 0 Å². The Labute approximate surface area is 81.7 Å². The first-order valence-electron chi connectivity index (χ1n) is 4.52. The normalized spacial score (nSPS) is 15.6. The summed E-state index contributed by atoms with van der Waals surface area (Å²) < 4.78 is 1.85. The molecular weight excluding hydrogens is 180 g/mol. The number of nitrogens with zero attached hydrogens (tertiary/aromatic N) is 3. The van der Waals surface area contributed by atoms with E-state index >= 15 is 0 Å². The van der Waals surface area contributed by atoms with Gasteiger partial charge >= 0.3 is 0 Å². The van der Waals surface area contributed by atoms with Crippen LogP contribution in [0.3, 0.4) is 0 Å². The number of carbonyl (C=O) groups is 1. The van der Waals surface area contributed by atoms with Crippen molar-refractivity contribution in [3.8, 4) is 0 Å². The molecule has 0 bridgehead atoms. The highest BCUT2D eigenvalue weighted by molar-refractivity contribution is 6.13. The van der Waals surface area contributed by atoms with E-state index in [2.05, 4.69) is 9.98 Å². The molecule has 5 heteroatoms. The molecule has 0 fully saturated rings. The Bertz CT molecular complexity index is 416. The fourth-order valence-corrected chi connectivity index (χ4v) is 1.46. The van der Waals surface area contributed by atoms with Gasteiger partial charge in [-0.3, -0.25) is 4.79 Å². The molecule has 2 N–H and O–H groups in total. The number of Topliss-reactive ketones (excluding diaryl/α,β-unsaturated/α-hetero) is 1. The van der Waals surface area contributed by atoms with E-state index in [1.807, 2.05) is 18.4 Å². The Morgan fingerprint density at radius 2 is 2.29 bits per heavy atom. The Morgan fingerprint density at radius 3 is 2.93 bits per heavy atom. The number of ketones is 1. The summed E-state index contributed by atoms with van der Waals surface area (Å²) in [5.41, 5.74) is 5.99. The summed E-state index contributed by atoms with van der Waals surface area (Å²) >= 11 is 0. The summed E-state index contributed by atoms with van der Waals surface area (Å²) in [6.45, 7) is 4.01. The average Bonchev–Trinajstić information content (AvgIpc) is 2.47. The van der Waals surface area contributed by atoms with Gasteiger partial charge in [-0.15, -0.1) is 0 Å². The summed E-state index contributed by atoms with van der Waals surface area (Å²) in [4.78, 5) is 19.7. The van der Waals surface area contributed by atoms with Gasteiger partial charge in [-0.1, -0.05) is 0 Å². The number of hydrogen-bond donors (Lipinski definition) is 1. The van der Waals surface area contributed by atoms with Crippen LogP contribution in [0, 0.1) is 0 Å². The fourth-order valence-electron chi connectivity index (χ4n) is 1.46. The van der Waals surface area contributed by atoms with Gasteiger partial charge < -0.3 is 10.3 Å². The number of hydrogen-bond acceptors (Lipinski definition) is 4. The van der Waals surface area contributed by atoms with Crippen molar-refractivity contribution >= 4 is 17.4 Å². The van der Waals surface area contributed by atoms with E-state index in [1.165, 1.54) is 0 Å². The molecule has 14 heavy (non-hydrogen) atoms. The van der Waals surface area contributed by atoms with Crippen LogP contribution >= 0.6 is 0 Å². The largest absolute Gasteiger partial charge is 0.387 e. The Hall–Kier alpha value is -1.65. The minimum atomic E-state index is -0.0492. The van der Waals surface area contributed by atoms with Crippen LogP contribution in [0.5, 0.6) is 0 Å². The quantitative estimate of drug-likeness (QED) is 0.722. The second kappa shape index (κ2) is 2.94. The summed E-state index contributed by atoms with van der Waals surface area (Å²) in [5.74, 6) is 0.908. The predicted octanol–water partition coefficient (Wildman–Crippen LogP) is 1.04. The van der Waals surface area contributed by atoms with E-state index in [4.69, 9.17) is 5.73 Å². The molecule has 2 heterocycles. The number of imidazole rings is 1. The van der Waals surface area contributed by atoms with E-state index in [0.29, 0.717) is 17.3 Å². The minimum Gasteiger partial charge on any atom is -0.387 e. The Balaban J connectivity index is 2.58. The first-order chi connectivity index (χ1) is 6.59. The Kier molecular flexibility index (Phi) is 1.87. The van der Waals surface area contributed by atoms with Crippen LogP contribution in [-0.4, -0.2) is 21.2 Å². The van der Waals surface area contributed by atoms with Crippen molar-refractivity contribution in [3.63, 3.8) is 0 Å². The van der Waals surface area contributed by atoms with Gasteiger partial charge in [0.1, 0.15) is 5.84 Å². The van der Waals surface area contributed by atoms with Gasteiger partial charge in [-0.05, 0) is 13.8 Å².